The molecule has 10 aromatic rings. The summed E-state index contributed by atoms with van der Waals surface area (Å²) >= 11 is 0. The molecule has 0 radical (unpaired) electrons. The topological polar surface area (TPSA) is 0 Å². The van der Waals surface area contributed by atoms with Crippen molar-refractivity contribution in [1.29, 1.82) is 0 Å². The second kappa shape index (κ2) is 11.6. The Morgan fingerprint density at radius 1 is 0.140 bits per heavy atom. The Balaban J connectivity index is 1.17. The smallest absolute Gasteiger partial charge is 0.00987 e. The predicted molar refractivity (Wildman–Crippen MR) is 216 cm³/mol. The normalized spacial score (nSPS) is 11.6. The Morgan fingerprint density at radius 2 is 0.340 bits per heavy atom. The molecular weight excluding hydrogens is 601 g/mol. The molecule has 0 saturated carbocycles. The third-order valence-electron chi connectivity index (χ3n) is 10.5. The van der Waals surface area contributed by atoms with Crippen LogP contribution in [0.4, 0.5) is 0 Å². The van der Waals surface area contributed by atoms with Crippen LogP contribution in [0.3, 0.4) is 0 Å². The lowest BCUT2D eigenvalue weighted by Crippen LogP contribution is -1.91. The Bertz CT molecular complexity index is 2720. The molecule has 0 saturated heterocycles. The first-order valence-corrected chi connectivity index (χ1v) is 17.4. The lowest BCUT2D eigenvalue weighted by atomic mass is 9.85. The molecule has 10 aromatic carbocycles. The van der Waals surface area contributed by atoms with Crippen LogP contribution in [0.1, 0.15) is 0 Å². The van der Waals surface area contributed by atoms with Gasteiger partial charge in [-0.3, -0.25) is 0 Å². The minimum Gasteiger partial charge on any atom is -0.0616 e. The summed E-state index contributed by atoms with van der Waals surface area (Å²) < 4.78 is 0. The van der Waals surface area contributed by atoms with E-state index in [1.807, 2.05) is 0 Å². The summed E-state index contributed by atoms with van der Waals surface area (Å²) in [4.78, 5) is 0. The van der Waals surface area contributed by atoms with Crippen molar-refractivity contribution in [2.24, 2.45) is 0 Å². The number of rotatable bonds is 4. The maximum absolute atomic E-state index is 2.34. The van der Waals surface area contributed by atoms with Gasteiger partial charge in [-0.15, -0.1) is 0 Å². The summed E-state index contributed by atoms with van der Waals surface area (Å²) in [6.45, 7) is 0. The number of fused-ring (bicyclic) bond motifs is 5. The van der Waals surface area contributed by atoms with Gasteiger partial charge in [0.1, 0.15) is 0 Å². The van der Waals surface area contributed by atoms with Gasteiger partial charge >= 0.3 is 0 Å². The van der Waals surface area contributed by atoms with E-state index in [2.05, 4.69) is 194 Å². The van der Waals surface area contributed by atoms with Gasteiger partial charge in [-0.2, -0.15) is 0 Å². The van der Waals surface area contributed by atoms with Gasteiger partial charge in [-0.25, -0.2) is 0 Å². The summed E-state index contributed by atoms with van der Waals surface area (Å²) in [6.07, 6.45) is 0. The van der Waals surface area contributed by atoms with Gasteiger partial charge in [0.05, 0.1) is 0 Å². The second-order valence-corrected chi connectivity index (χ2v) is 13.2. The monoisotopic (exact) mass is 632 g/mol. The molecule has 0 nitrogen and oxygen atoms in total. The Hall–Kier alpha value is -6.50. The number of hydrogen-bond donors (Lipinski definition) is 0. The summed E-state index contributed by atoms with van der Waals surface area (Å²) in [7, 11) is 0. The largest absolute Gasteiger partial charge is 0.0616 e. The highest BCUT2D eigenvalue weighted by Gasteiger charge is 2.17. The van der Waals surface area contributed by atoms with Crippen molar-refractivity contribution in [3.05, 3.63) is 194 Å². The van der Waals surface area contributed by atoms with Crippen molar-refractivity contribution in [3.8, 4) is 44.5 Å². The first kappa shape index (κ1) is 28.5. The highest BCUT2D eigenvalue weighted by Crippen LogP contribution is 2.44. The number of benzene rings is 10. The van der Waals surface area contributed by atoms with Crippen LogP contribution >= 0.6 is 0 Å². The van der Waals surface area contributed by atoms with Gasteiger partial charge in [-0.05, 0) is 98.4 Å². The summed E-state index contributed by atoms with van der Waals surface area (Å²) in [6, 6.07) is 71.3. The van der Waals surface area contributed by atoms with Crippen molar-refractivity contribution < 1.29 is 0 Å². The SMILES string of the molecule is c1ccc2c(-c3ccc(-c4ccc(-c5ccc(-c6cccc7ccccc67)c6ccccc56)c5ccccc45)c4ccccc34)cccc2c1. The van der Waals surface area contributed by atoms with Crippen molar-refractivity contribution >= 4 is 53.9 Å². The van der Waals surface area contributed by atoms with E-state index in [9.17, 15) is 0 Å². The molecule has 0 amide bonds. The van der Waals surface area contributed by atoms with Crippen LogP contribution in [0.15, 0.2) is 194 Å². The van der Waals surface area contributed by atoms with Crippen LogP contribution in [0.5, 0.6) is 0 Å². The molecule has 232 valence electrons. The second-order valence-electron chi connectivity index (χ2n) is 13.2. The van der Waals surface area contributed by atoms with Crippen molar-refractivity contribution in [1.82, 2.24) is 0 Å². The van der Waals surface area contributed by atoms with Crippen molar-refractivity contribution in [2.75, 3.05) is 0 Å². The van der Waals surface area contributed by atoms with Crippen LogP contribution in [0, 0.1) is 0 Å². The fourth-order valence-corrected chi connectivity index (χ4v) is 8.23. The molecule has 0 heteroatoms. The fraction of sp³-hybridized carbons (Fsp3) is 0. The van der Waals surface area contributed by atoms with Crippen LogP contribution in [-0.4, -0.2) is 0 Å². The molecule has 0 atom stereocenters. The summed E-state index contributed by atoms with van der Waals surface area (Å²) in [5.74, 6) is 0. The lowest BCUT2D eigenvalue weighted by Gasteiger charge is -2.18. The molecule has 0 bridgehead atoms. The highest BCUT2D eigenvalue weighted by molar-refractivity contribution is 6.16. The zero-order valence-corrected chi connectivity index (χ0v) is 27.5. The van der Waals surface area contributed by atoms with Crippen LogP contribution in [-0.2, 0) is 0 Å². The average molecular weight is 633 g/mol. The predicted octanol–water partition coefficient (Wildman–Crippen LogP) is 14.1. The van der Waals surface area contributed by atoms with Gasteiger partial charge < -0.3 is 0 Å². The van der Waals surface area contributed by atoms with Crippen LogP contribution in [0.25, 0.3) is 98.4 Å². The molecule has 0 fully saturated rings. The Kier molecular flexibility index (Phi) is 6.60. The van der Waals surface area contributed by atoms with Gasteiger partial charge in [0, 0.05) is 0 Å². The molecular formula is C50H32. The van der Waals surface area contributed by atoms with Crippen molar-refractivity contribution in [3.63, 3.8) is 0 Å². The van der Waals surface area contributed by atoms with Crippen molar-refractivity contribution in [2.45, 2.75) is 0 Å². The molecule has 0 spiro atoms. The van der Waals surface area contributed by atoms with Crippen LogP contribution < -0.4 is 0 Å². The molecule has 50 heavy (non-hydrogen) atoms. The van der Waals surface area contributed by atoms with E-state index < -0.39 is 0 Å². The molecule has 0 heterocycles. The van der Waals surface area contributed by atoms with Gasteiger partial charge in [0.15, 0.2) is 0 Å². The fourth-order valence-electron chi connectivity index (χ4n) is 8.23. The standard InChI is InChI=1S/C50H32/c1-3-17-35-33(13-1)15-11-25-37(35)45-27-29-47(41-21-7-5-19-39(41)45)49-31-32-50(44-24-10-9-23-43(44)49)48-30-28-46(40-20-6-8-22-42(40)48)38-26-12-16-34-14-2-4-18-36(34)38/h1-32H. The van der Waals surface area contributed by atoms with E-state index in [4.69, 9.17) is 0 Å². The first-order chi connectivity index (χ1) is 24.8. The maximum atomic E-state index is 2.34. The van der Waals surface area contributed by atoms with Gasteiger partial charge in [0.2, 0.25) is 0 Å². The highest BCUT2D eigenvalue weighted by atomic mass is 14.2. The zero-order valence-electron chi connectivity index (χ0n) is 27.5. The van der Waals surface area contributed by atoms with Gasteiger partial charge in [-0.1, -0.05) is 194 Å². The minimum absolute atomic E-state index is 1.25. The molecule has 0 aromatic heterocycles. The Labute approximate surface area is 291 Å². The molecule has 0 unspecified atom stereocenters. The summed E-state index contributed by atoms with van der Waals surface area (Å²) in [5, 5.41) is 12.7. The molecule has 10 rings (SSSR count). The number of hydrogen-bond acceptors (Lipinski definition) is 0. The molecule has 0 aliphatic carbocycles. The molecule has 0 aliphatic heterocycles. The maximum Gasteiger partial charge on any atom is -0.00987 e. The van der Waals surface area contributed by atoms with E-state index in [1.54, 1.807) is 0 Å². The third-order valence-corrected chi connectivity index (χ3v) is 10.5. The third kappa shape index (κ3) is 4.46. The average Bonchev–Trinajstić information content (AvgIpc) is 3.19. The van der Waals surface area contributed by atoms with E-state index in [0.717, 1.165) is 0 Å². The quantitative estimate of drug-likeness (QED) is 0.181. The zero-order chi connectivity index (χ0) is 33.0. The first-order valence-electron chi connectivity index (χ1n) is 17.4. The minimum atomic E-state index is 1.25. The lowest BCUT2D eigenvalue weighted by molar-refractivity contribution is 1.64. The van der Waals surface area contributed by atoms with Gasteiger partial charge in [0.25, 0.3) is 0 Å². The van der Waals surface area contributed by atoms with E-state index in [1.165, 1.54) is 98.4 Å². The Morgan fingerprint density at radius 3 is 0.620 bits per heavy atom. The van der Waals surface area contributed by atoms with Crippen LogP contribution in [0.2, 0.25) is 0 Å². The van der Waals surface area contributed by atoms with E-state index in [0.29, 0.717) is 0 Å². The molecule has 0 N–H and O–H groups in total. The summed E-state index contributed by atoms with van der Waals surface area (Å²) in [5.41, 5.74) is 10.1. The van der Waals surface area contributed by atoms with E-state index >= 15 is 0 Å². The van der Waals surface area contributed by atoms with E-state index in [-0.39, 0.29) is 0 Å². The molecule has 0 aliphatic rings.